The molecule has 0 radical (unpaired) electrons. The molecule has 2 bridgehead atoms. The highest BCUT2D eigenvalue weighted by atomic mass is 35.5. The average molecular weight is 613 g/mol. The van der Waals surface area contributed by atoms with Crippen molar-refractivity contribution < 1.29 is 14.2 Å². The Morgan fingerprint density at radius 1 is 1.09 bits per heavy atom. The smallest absolute Gasteiger partial charge is 0.319 e. The number of phenols is 1. The molecule has 44 heavy (non-hydrogen) atoms. The van der Waals surface area contributed by atoms with Gasteiger partial charge in [-0.3, -0.25) is 4.90 Å². The molecule has 3 unspecified atom stereocenters. The largest absolute Gasteiger partial charge is 0.508 e. The fourth-order valence-corrected chi connectivity index (χ4v) is 8.97. The van der Waals surface area contributed by atoms with Gasteiger partial charge in [-0.2, -0.15) is 9.97 Å². The van der Waals surface area contributed by atoms with E-state index in [-0.39, 0.29) is 34.6 Å². The second-order valence-corrected chi connectivity index (χ2v) is 13.6. The summed E-state index contributed by atoms with van der Waals surface area (Å²) >= 11 is 6.67. The number of hydrogen-bond acceptors (Lipinski definition) is 8. The first-order chi connectivity index (χ1) is 21.5. The summed E-state index contributed by atoms with van der Waals surface area (Å²) in [4.78, 5) is 19.6. The Labute approximate surface area is 259 Å². The van der Waals surface area contributed by atoms with Gasteiger partial charge in [-0.05, 0) is 87.7 Å². The van der Waals surface area contributed by atoms with E-state index in [4.69, 9.17) is 31.3 Å². The van der Waals surface area contributed by atoms with Crippen molar-refractivity contribution in [2.75, 3.05) is 31.1 Å². The van der Waals surface area contributed by atoms with Gasteiger partial charge in [-0.15, -0.1) is 0 Å². The van der Waals surface area contributed by atoms with Gasteiger partial charge >= 0.3 is 6.01 Å². The highest BCUT2D eigenvalue weighted by Gasteiger charge is 2.45. The highest BCUT2D eigenvalue weighted by molar-refractivity contribution is 6.36. The number of pyridine rings is 1. The number of phenolic OH excluding ortho intramolecular Hbond substituents is 1. The van der Waals surface area contributed by atoms with Crippen molar-refractivity contribution in [2.45, 2.75) is 68.6 Å². The van der Waals surface area contributed by atoms with Crippen LogP contribution in [0.25, 0.3) is 39.0 Å². The molecule has 5 aliphatic rings. The molecule has 10 heteroatoms. The van der Waals surface area contributed by atoms with Crippen LogP contribution in [0.3, 0.4) is 0 Å². The molecule has 2 N–H and O–H groups in total. The number of halogens is 2. The number of nitrogens with one attached hydrogen (secondary N) is 1. The third kappa shape index (κ3) is 4.05. The van der Waals surface area contributed by atoms with Crippen molar-refractivity contribution in [1.29, 1.82) is 0 Å². The Morgan fingerprint density at radius 3 is 2.82 bits per heavy atom. The zero-order chi connectivity index (χ0) is 29.6. The zero-order valence-corrected chi connectivity index (χ0v) is 25.2. The number of rotatable bonds is 4. The Balaban J connectivity index is 1.26. The van der Waals surface area contributed by atoms with Crippen molar-refractivity contribution in [3.8, 4) is 23.0 Å². The minimum Gasteiger partial charge on any atom is -0.508 e. The standard InChI is InChI=1S/C34H34ClFN6O2/c35-23-6-1-5-19-15-21(43)16-22(27(19)23)30-29(36)31-28-25(38-30)7-2-8-26-24-10-9-20(37-24)17-42(26)32(28)40-33(39-31)44-18-34-11-3-13-41(34)14-4-12-34/h1-2,5-7,15-16,20,24,26,37,43H,3-4,8-14,17-18H2/b7-2-. The predicted molar refractivity (Wildman–Crippen MR) is 170 cm³/mol. The maximum absolute atomic E-state index is 17.0. The van der Waals surface area contributed by atoms with Gasteiger partial charge in [0.2, 0.25) is 0 Å². The van der Waals surface area contributed by atoms with Crippen LogP contribution in [0, 0.1) is 5.82 Å². The molecule has 9 rings (SSSR count). The van der Waals surface area contributed by atoms with Crippen LogP contribution in [0.2, 0.25) is 5.02 Å². The summed E-state index contributed by atoms with van der Waals surface area (Å²) in [6, 6.07) is 9.69. The summed E-state index contributed by atoms with van der Waals surface area (Å²) in [6.07, 6.45) is 11.7. The van der Waals surface area contributed by atoms with Crippen molar-refractivity contribution in [1.82, 2.24) is 25.2 Å². The molecular formula is C34H34ClFN6O2. The van der Waals surface area contributed by atoms with Crippen molar-refractivity contribution >= 4 is 45.2 Å². The molecule has 4 fully saturated rings. The fraction of sp³-hybridized carbons (Fsp3) is 0.441. The number of anilines is 1. The topological polar surface area (TPSA) is 86.6 Å². The summed E-state index contributed by atoms with van der Waals surface area (Å²) < 4.78 is 23.5. The Morgan fingerprint density at radius 2 is 1.95 bits per heavy atom. The summed E-state index contributed by atoms with van der Waals surface area (Å²) in [6.45, 7) is 3.47. The Hall–Kier alpha value is -3.53. The first-order valence-corrected chi connectivity index (χ1v) is 16.3. The molecule has 4 aromatic rings. The lowest BCUT2D eigenvalue weighted by Gasteiger charge is -2.42. The molecule has 0 aliphatic carbocycles. The maximum atomic E-state index is 17.0. The van der Waals surface area contributed by atoms with Gasteiger partial charge in [-0.25, -0.2) is 9.37 Å². The molecule has 0 saturated carbocycles. The van der Waals surface area contributed by atoms with E-state index in [1.54, 1.807) is 12.1 Å². The number of piperazine rings is 1. The number of aromatic hydroxyl groups is 1. The summed E-state index contributed by atoms with van der Waals surface area (Å²) in [5.74, 6) is 0.128. The van der Waals surface area contributed by atoms with Crippen LogP contribution in [-0.4, -0.2) is 74.9 Å². The minimum atomic E-state index is -0.575. The van der Waals surface area contributed by atoms with Crippen LogP contribution in [0.4, 0.5) is 10.2 Å². The molecule has 226 valence electrons. The van der Waals surface area contributed by atoms with Crippen LogP contribution in [-0.2, 0) is 0 Å². The lowest BCUT2D eigenvalue weighted by Crippen LogP contribution is -2.58. The summed E-state index contributed by atoms with van der Waals surface area (Å²) in [5, 5.41) is 16.8. The van der Waals surface area contributed by atoms with Crippen LogP contribution in [0.5, 0.6) is 11.8 Å². The number of benzene rings is 2. The van der Waals surface area contributed by atoms with E-state index in [9.17, 15) is 5.11 Å². The third-order valence-corrected chi connectivity index (χ3v) is 11.0. The van der Waals surface area contributed by atoms with Crippen molar-refractivity contribution in [3.05, 3.63) is 52.9 Å². The fourth-order valence-electron chi connectivity index (χ4n) is 8.69. The van der Waals surface area contributed by atoms with E-state index in [1.165, 1.54) is 6.07 Å². The Kier molecular flexibility index (Phi) is 6.09. The quantitative estimate of drug-likeness (QED) is 0.287. The second kappa shape index (κ2) is 9.99. The number of aromatic nitrogens is 3. The number of nitrogens with zero attached hydrogens (tertiary/aromatic N) is 5. The molecule has 5 aliphatic heterocycles. The SMILES string of the molecule is Oc1cc(-c2nc3c4c(nc(OCC56CCCN5CCC6)nc4c2F)N2CC4CCC(N4)C2C/C=C\3)c2c(Cl)cccc2c1. The lowest BCUT2D eigenvalue weighted by molar-refractivity contribution is 0.108. The van der Waals surface area contributed by atoms with E-state index in [0.717, 1.165) is 64.6 Å². The first-order valence-electron chi connectivity index (χ1n) is 15.9. The summed E-state index contributed by atoms with van der Waals surface area (Å²) in [5.41, 5.74) is 1.30. The second-order valence-electron chi connectivity index (χ2n) is 13.2. The molecule has 7 heterocycles. The number of ether oxygens (including phenoxy) is 1. The molecule has 4 saturated heterocycles. The maximum Gasteiger partial charge on any atom is 0.319 e. The van der Waals surface area contributed by atoms with Gasteiger partial charge in [0.1, 0.15) is 29.4 Å². The molecule has 0 spiro atoms. The molecular weight excluding hydrogens is 579 g/mol. The van der Waals surface area contributed by atoms with E-state index in [1.807, 2.05) is 18.2 Å². The summed E-state index contributed by atoms with van der Waals surface area (Å²) in [7, 11) is 0. The number of fused-ring (bicyclic) bond motifs is 7. The third-order valence-electron chi connectivity index (χ3n) is 10.7. The first kappa shape index (κ1) is 26.8. The van der Waals surface area contributed by atoms with Crippen molar-refractivity contribution in [2.24, 2.45) is 0 Å². The monoisotopic (exact) mass is 612 g/mol. The van der Waals surface area contributed by atoms with Gasteiger partial charge in [0.15, 0.2) is 5.82 Å². The molecule has 2 aromatic carbocycles. The zero-order valence-electron chi connectivity index (χ0n) is 24.4. The van der Waals surface area contributed by atoms with E-state index in [2.05, 4.69) is 21.2 Å². The predicted octanol–water partition coefficient (Wildman–Crippen LogP) is 6.08. The van der Waals surface area contributed by atoms with Gasteiger partial charge in [-0.1, -0.05) is 29.8 Å². The van der Waals surface area contributed by atoms with Crippen LogP contribution in [0.1, 0.15) is 50.6 Å². The number of hydrogen-bond donors (Lipinski definition) is 2. The lowest BCUT2D eigenvalue weighted by atomic mass is 9.95. The van der Waals surface area contributed by atoms with E-state index in [0.29, 0.717) is 56.9 Å². The molecule has 0 amide bonds. The van der Waals surface area contributed by atoms with E-state index < -0.39 is 5.82 Å². The average Bonchev–Trinajstić information content (AvgIpc) is 3.71. The van der Waals surface area contributed by atoms with Crippen LogP contribution >= 0.6 is 11.6 Å². The van der Waals surface area contributed by atoms with Gasteiger partial charge in [0, 0.05) is 40.6 Å². The van der Waals surface area contributed by atoms with Crippen LogP contribution in [0.15, 0.2) is 36.4 Å². The Bertz CT molecular complexity index is 1860. The highest BCUT2D eigenvalue weighted by Crippen LogP contribution is 2.44. The normalized spacial score (nSPS) is 26.0. The van der Waals surface area contributed by atoms with Crippen LogP contribution < -0.4 is 15.0 Å². The van der Waals surface area contributed by atoms with Gasteiger partial charge < -0.3 is 20.1 Å². The van der Waals surface area contributed by atoms with Crippen molar-refractivity contribution in [3.63, 3.8) is 0 Å². The molecule has 8 nitrogen and oxygen atoms in total. The minimum absolute atomic E-state index is 0.00762. The molecule has 2 aromatic heterocycles. The molecule has 3 atom stereocenters. The van der Waals surface area contributed by atoms with E-state index >= 15 is 4.39 Å². The van der Waals surface area contributed by atoms with Gasteiger partial charge in [0.25, 0.3) is 0 Å². The van der Waals surface area contributed by atoms with Gasteiger partial charge in [0.05, 0.1) is 16.6 Å².